The zero-order valence-corrected chi connectivity index (χ0v) is 13.9. The van der Waals surface area contributed by atoms with Crippen LogP contribution < -0.4 is 9.47 Å². The van der Waals surface area contributed by atoms with Gasteiger partial charge in [-0.2, -0.15) is 0 Å². The van der Waals surface area contributed by atoms with Crippen LogP contribution in [0.15, 0.2) is 48.5 Å². The molecule has 0 aliphatic rings. The Kier molecular flexibility index (Phi) is 6.03. The van der Waals surface area contributed by atoms with E-state index < -0.39 is 0 Å². The number of likely N-dealkylation sites (N-methyl/N-ethyl adjacent to an activating group) is 1. The molecular weight excluding hydrogens is 290 g/mol. The maximum absolute atomic E-state index is 12.3. The van der Waals surface area contributed by atoms with Crippen molar-refractivity contribution in [1.29, 1.82) is 0 Å². The second-order valence-corrected chi connectivity index (χ2v) is 5.42. The van der Waals surface area contributed by atoms with E-state index in [9.17, 15) is 4.79 Å². The molecule has 0 atom stereocenters. The van der Waals surface area contributed by atoms with Crippen LogP contribution in [0.3, 0.4) is 0 Å². The van der Waals surface area contributed by atoms with Crippen LogP contribution in [0.1, 0.15) is 11.1 Å². The van der Waals surface area contributed by atoms with Gasteiger partial charge < -0.3 is 14.4 Å². The van der Waals surface area contributed by atoms with Gasteiger partial charge in [0.1, 0.15) is 18.1 Å². The van der Waals surface area contributed by atoms with Gasteiger partial charge in [-0.3, -0.25) is 4.79 Å². The van der Waals surface area contributed by atoms with Gasteiger partial charge in [0.2, 0.25) is 5.91 Å². The third-order valence-corrected chi connectivity index (χ3v) is 3.74. The molecule has 0 saturated heterocycles. The number of rotatable bonds is 7. The molecule has 23 heavy (non-hydrogen) atoms. The topological polar surface area (TPSA) is 38.8 Å². The Morgan fingerprint density at radius 3 is 2.39 bits per heavy atom. The lowest BCUT2D eigenvalue weighted by atomic mass is 10.1. The lowest BCUT2D eigenvalue weighted by Crippen LogP contribution is -2.32. The van der Waals surface area contributed by atoms with Crippen molar-refractivity contribution in [2.45, 2.75) is 13.3 Å². The number of methoxy groups -OCH3 is 1. The Labute approximate surface area is 137 Å². The van der Waals surface area contributed by atoms with E-state index >= 15 is 0 Å². The maximum Gasteiger partial charge on any atom is 0.226 e. The molecule has 0 aliphatic heterocycles. The van der Waals surface area contributed by atoms with Crippen LogP contribution >= 0.6 is 0 Å². The van der Waals surface area contributed by atoms with Gasteiger partial charge in [-0.25, -0.2) is 0 Å². The highest BCUT2D eigenvalue weighted by molar-refractivity contribution is 5.79. The zero-order valence-electron chi connectivity index (χ0n) is 13.9. The van der Waals surface area contributed by atoms with Gasteiger partial charge in [0.25, 0.3) is 0 Å². The summed E-state index contributed by atoms with van der Waals surface area (Å²) in [5.41, 5.74) is 1.99. The van der Waals surface area contributed by atoms with Gasteiger partial charge in [0.15, 0.2) is 0 Å². The van der Waals surface area contributed by atoms with Crippen molar-refractivity contribution in [1.82, 2.24) is 4.90 Å². The number of benzene rings is 2. The molecule has 4 nitrogen and oxygen atoms in total. The summed E-state index contributed by atoms with van der Waals surface area (Å²) >= 11 is 0. The van der Waals surface area contributed by atoms with Gasteiger partial charge >= 0.3 is 0 Å². The Hall–Kier alpha value is -2.49. The van der Waals surface area contributed by atoms with Gasteiger partial charge in [-0.15, -0.1) is 0 Å². The largest absolute Gasteiger partial charge is 0.496 e. The number of ether oxygens (including phenoxy) is 2. The highest BCUT2D eigenvalue weighted by Crippen LogP contribution is 2.18. The number of carbonyl (C=O) groups is 1. The second-order valence-electron chi connectivity index (χ2n) is 5.42. The molecule has 0 unspecified atom stereocenters. The van der Waals surface area contributed by atoms with Crippen molar-refractivity contribution in [2.75, 3.05) is 27.3 Å². The SMILES string of the molecule is COc1ccccc1CC(=O)N(C)CCOc1ccccc1C. The molecule has 0 spiro atoms. The first-order chi connectivity index (χ1) is 11.1. The summed E-state index contributed by atoms with van der Waals surface area (Å²) in [6.07, 6.45) is 0.324. The Morgan fingerprint density at radius 2 is 1.70 bits per heavy atom. The molecule has 0 aromatic heterocycles. The first-order valence-corrected chi connectivity index (χ1v) is 7.66. The van der Waals surface area contributed by atoms with E-state index in [1.807, 2.05) is 55.5 Å². The number of hydrogen-bond acceptors (Lipinski definition) is 3. The number of amides is 1. The normalized spacial score (nSPS) is 10.2. The average Bonchev–Trinajstić information content (AvgIpc) is 2.57. The molecule has 0 aliphatic carbocycles. The third kappa shape index (κ3) is 4.74. The minimum absolute atomic E-state index is 0.0443. The van der Waals surface area contributed by atoms with Crippen molar-refractivity contribution in [3.63, 3.8) is 0 Å². The fraction of sp³-hybridized carbons (Fsp3) is 0.316. The van der Waals surface area contributed by atoms with E-state index in [4.69, 9.17) is 9.47 Å². The van der Waals surface area contributed by atoms with Crippen molar-refractivity contribution in [3.05, 3.63) is 59.7 Å². The van der Waals surface area contributed by atoms with E-state index in [0.29, 0.717) is 19.6 Å². The molecule has 0 heterocycles. The number of nitrogens with zero attached hydrogens (tertiary/aromatic N) is 1. The quantitative estimate of drug-likeness (QED) is 0.788. The highest BCUT2D eigenvalue weighted by atomic mass is 16.5. The van der Waals surface area contributed by atoms with Crippen LogP contribution in [0.5, 0.6) is 11.5 Å². The lowest BCUT2D eigenvalue weighted by Gasteiger charge is -2.18. The Balaban J connectivity index is 1.84. The molecule has 2 rings (SSSR count). The minimum Gasteiger partial charge on any atom is -0.496 e. The first kappa shape index (κ1) is 16.9. The van der Waals surface area contributed by atoms with Gasteiger partial charge in [0.05, 0.1) is 20.1 Å². The van der Waals surface area contributed by atoms with Crippen LogP contribution in [-0.4, -0.2) is 38.1 Å². The monoisotopic (exact) mass is 313 g/mol. The molecule has 0 N–H and O–H groups in total. The summed E-state index contributed by atoms with van der Waals surface area (Å²) in [4.78, 5) is 14.0. The van der Waals surface area contributed by atoms with Crippen molar-refractivity contribution in [3.8, 4) is 11.5 Å². The lowest BCUT2D eigenvalue weighted by molar-refractivity contribution is -0.129. The summed E-state index contributed by atoms with van der Waals surface area (Å²) in [6.45, 7) is 3.02. The summed E-state index contributed by atoms with van der Waals surface area (Å²) < 4.78 is 11.0. The molecule has 0 saturated carbocycles. The van der Waals surface area contributed by atoms with Crippen LogP contribution in [0.2, 0.25) is 0 Å². The molecule has 2 aromatic carbocycles. The Bertz CT molecular complexity index is 655. The predicted octanol–water partition coefficient (Wildman–Crippen LogP) is 3.08. The highest BCUT2D eigenvalue weighted by Gasteiger charge is 2.12. The molecule has 4 heteroatoms. The number of aryl methyl sites for hydroxylation is 1. The number of carbonyl (C=O) groups excluding carboxylic acids is 1. The minimum atomic E-state index is 0.0443. The van der Waals surface area contributed by atoms with Gasteiger partial charge in [-0.1, -0.05) is 36.4 Å². The second kappa shape index (κ2) is 8.22. The number of para-hydroxylation sites is 2. The standard InChI is InChI=1S/C19H23NO3/c1-15-8-4-6-10-17(15)23-13-12-20(2)19(21)14-16-9-5-7-11-18(16)22-3/h4-11H,12-14H2,1-3H3. The molecule has 0 fully saturated rings. The molecule has 0 radical (unpaired) electrons. The summed E-state index contributed by atoms with van der Waals surface area (Å²) in [5, 5.41) is 0. The number of hydrogen-bond donors (Lipinski definition) is 0. The summed E-state index contributed by atoms with van der Waals surface area (Å²) in [7, 11) is 3.40. The van der Waals surface area contributed by atoms with Gasteiger partial charge in [-0.05, 0) is 24.6 Å². The molecule has 122 valence electrons. The maximum atomic E-state index is 12.3. The van der Waals surface area contributed by atoms with Crippen molar-refractivity contribution >= 4 is 5.91 Å². The zero-order chi connectivity index (χ0) is 16.7. The van der Waals surface area contributed by atoms with Gasteiger partial charge in [0, 0.05) is 12.6 Å². The third-order valence-electron chi connectivity index (χ3n) is 3.74. The van der Waals surface area contributed by atoms with Crippen LogP contribution in [0.25, 0.3) is 0 Å². The van der Waals surface area contributed by atoms with E-state index in [1.54, 1.807) is 19.1 Å². The van der Waals surface area contributed by atoms with Crippen LogP contribution in [0.4, 0.5) is 0 Å². The van der Waals surface area contributed by atoms with Crippen LogP contribution in [-0.2, 0) is 11.2 Å². The smallest absolute Gasteiger partial charge is 0.226 e. The fourth-order valence-corrected chi connectivity index (χ4v) is 2.28. The first-order valence-electron chi connectivity index (χ1n) is 7.66. The van der Waals surface area contributed by atoms with Crippen molar-refractivity contribution in [2.24, 2.45) is 0 Å². The summed E-state index contributed by atoms with van der Waals surface area (Å²) in [5.74, 6) is 1.64. The fourth-order valence-electron chi connectivity index (χ4n) is 2.28. The average molecular weight is 313 g/mol. The molecular formula is C19H23NO3. The van der Waals surface area contributed by atoms with Crippen molar-refractivity contribution < 1.29 is 14.3 Å². The molecule has 2 aromatic rings. The van der Waals surface area contributed by atoms with E-state index in [-0.39, 0.29) is 5.91 Å². The molecule has 0 bridgehead atoms. The van der Waals surface area contributed by atoms with E-state index in [0.717, 1.165) is 22.6 Å². The predicted molar refractivity (Wildman–Crippen MR) is 91.0 cm³/mol. The Morgan fingerprint density at radius 1 is 1.04 bits per heavy atom. The van der Waals surface area contributed by atoms with E-state index in [2.05, 4.69) is 0 Å². The molecule has 1 amide bonds. The summed E-state index contributed by atoms with van der Waals surface area (Å²) in [6, 6.07) is 15.4. The van der Waals surface area contributed by atoms with Crippen LogP contribution in [0, 0.1) is 6.92 Å². The van der Waals surface area contributed by atoms with E-state index in [1.165, 1.54) is 0 Å².